The fourth-order valence-corrected chi connectivity index (χ4v) is 6.82. The molecule has 17 heteroatoms. The van der Waals surface area contributed by atoms with Crippen molar-refractivity contribution in [1.29, 1.82) is 0 Å². The van der Waals surface area contributed by atoms with Gasteiger partial charge in [-0.15, -0.1) is 11.3 Å². The Morgan fingerprint density at radius 3 is 2.57 bits per heavy atom. The predicted molar refractivity (Wildman–Crippen MR) is 144 cm³/mol. The molecule has 10 nitrogen and oxygen atoms in total. The maximum Gasteiger partial charge on any atom is 0.282 e. The number of halogens is 5. The molecule has 1 N–H and O–H groups in total. The molecule has 3 aromatic rings. The summed E-state index contributed by atoms with van der Waals surface area (Å²) in [7, 11) is -4.30. The molecule has 1 saturated heterocycles. The minimum absolute atomic E-state index is 0.0379. The zero-order chi connectivity index (χ0) is 30.2. The minimum atomic E-state index is -4.30. The van der Waals surface area contributed by atoms with Gasteiger partial charge in [0.05, 0.1) is 10.7 Å². The van der Waals surface area contributed by atoms with E-state index in [0.29, 0.717) is 70.7 Å². The van der Waals surface area contributed by atoms with E-state index in [2.05, 4.69) is 10.3 Å². The van der Waals surface area contributed by atoms with Crippen molar-refractivity contribution in [3.8, 4) is 0 Å². The fraction of sp³-hybridized carbons (Fsp3) is 0.440. The van der Waals surface area contributed by atoms with Gasteiger partial charge < -0.3 is 9.74 Å². The summed E-state index contributed by atoms with van der Waals surface area (Å²) in [5.41, 5.74) is 0.486. The van der Waals surface area contributed by atoms with E-state index in [1.807, 2.05) is 5.38 Å². The number of nitrogens with zero attached hydrogens (tertiary/aromatic N) is 5. The van der Waals surface area contributed by atoms with Gasteiger partial charge in [0, 0.05) is 35.8 Å². The number of oxime groups is 1. The van der Waals surface area contributed by atoms with Gasteiger partial charge in [-0.05, 0) is 42.2 Å². The van der Waals surface area contributed by atoms with Crippen molar-refractivity contribution in [2.24, 2.45) is 5.16 Å². The molecule has 226 valence electrons. The summed E-state index contributed by atoms with van der Waals surface area (Å²) >= 11 is 7.44. The molecule has 2 aliphatic rings. The lowest BCUT2D eigenvalue weighted by molar-refractivity contribution is -0.133. The number of benzene rings is 1. The fourth-order valence-electron chi connectivity index (χ4n) is 4.98. The first-order valence-corrected chi connectivity index (χ1v) is 15.6. The molecule has 0 bridgehead atoms. The molecule has 1 aromatic carbocycles. The van der Waals surface area contributed by atoms with E-state index in [-0.39, 0.29) is 5.92 Å². The topological polar surface area (TPSA) is 127 Å². The summed E-state index contributed by atoms with van der Waals surface area (Å²) in [5, 5.41) is 10.6. The van der Waals surface area contributed by atoms with Crippen LogP contribution in [0.25, 0.3) is 0 Å². The van der Waals surface area contributed by atoms with Gasteiger partial charge >= 0.3 is 0 Å². The Morgan fingerprint density at radius 1 is 1.17 bits per heavy atom. The van der Waals surface area contributed by atoms with Crippen molar-refractivity contribution in [3.05, 3.63) is 67.9 Å². The van der Waals surface area contributed by atoms with Crippen molar-refractivity contribution < 1.29 is 40.2 Å². The van der Waals surface area contributed by atoms with Gasteiger partial charge in [-0.2, -0.15) is 13.5 Å². The molecule has 42 heavy (non-hydrogen) atoms. The molecule has 2 aliphatic heterocycles. The van der Waals surface area contributed by atoms with Crippen LogP contribution in [0, 0.1) is 0 Å². The third-order valence-electron chi connectivity index (χ3n) is 7.04. The first kappa shape index (κ1) is 30.4. The second kappa shape index (κ2) is 12.3. The molecule has 0 radical (unpaired) electrons. The van der Waals surface area contributed by atoms with Gasteiger partial charge in [-0.1, -0.05) is 22.8 Å². The Morgan fingerprint density at radius 2 is 1.90 bits per heavy atom. The summed E-state index contributed by atoms with van der Waals surface area (Å²) in [6.45, 7) is 0.119. The van der Waals surface area contributed by atoms with Crippen molar-refractivity contribution in [2.45, 2.75) is 56.4 Å². The van der Waals surface area contributed by atoms with Crippen molar-refractivity contribution in [3.63, 3.8) is 0 Å². The summed E-state index contributed by atoms with van der Waals surface area (Å²) in [6, 6.07) is 5.30. The molecule has 0 aliphatic carbocycles. The Kier molecular flexibility index (Phi) is 8.87. The number of alkyl halides is 4. The Bertz CT molecular complexity index is 1610. The van der Waals surface area contributed by atoms with Crippen LogP contribution in [-0.4, -0.2) is 57.3 Å². The normalized spacial score (nSPS) is 18.1. The highest BCUT2D eigenvalue weighted by Gasteiger charge is 2.31. The number of rotatable bonds is 9. The number of hydrogen-bond donors (Lipinski definition) is 1. The quantitative estimate of drug-likeness (QED) is 0.239. The Balaban J connectivity index is 1.18. The van der Waals surface area contributed by atoms with Gasteiger partial charge in [-0.25, -0.2) is 22.5 Å². The lowest BCUT2D eigenvalue weighted by Gasteiger charge is -2.31. The average Bonchev–Trinajstić information content (AvgIpc) is 3.68. The van der Waals surface area contributed by atoms with Gasteiger partial charge in [0.15, 0.2) is 6.10 Å². The van der Waals surface area contributed by atoms with Crippen LogP contribution in [0.4, 0.5) is 17.6 Å². The van der Waals surface area contributed by atoms with Gasteiger partial charge in [0.25, 0.3) is 23.0 Å². The maximum atomic E-state index is 13.3. The van der Waals surface area contributed by atoms with Crippen LogP contribution in [0.2, 0.25) is 5.02 Å². The second-order valence-electron chi connectivity index (χ2n) is 9.88. The second-order valence-corrected chi connectivity index (χ2v) is 12.7. The van der Waals surface area contributed by atoms with E-state index in [4.69, 9.17) is 21.4 Å². The summed E-state index contributed by atoms with van der Waals surface area (Å²) < 4.78 is 85.3. The highest BCUT2D eigenvalue weighted by Crippen LogP contribution is 2.36. The Labute approximate surface area is 246 Å². The van der Waals surface area contributed by atoms with Crippen LogP contribution in [0.1, 0.15) is 77.4 Å². The zero-order valence-corrected chi connectivity index (χ0v) is 24.1. The third-order valence-corrected chi connectivity index (χ3v) is 8.95. The summed E-state index contributed by atoms with van der Waals surface area (Å²) in [5.74, 6) is -1.07. The van der Waals surface area contributed by atoms with Crippen LogP contribution in [0.3, 0.4) is 0 Å². The number of likely N-dealkylation sites (tertiary alicyclic amines) is 1. The minimum Gasteiger partial charge on any atom is -0.387 e. The van der Waals surface area contributed by atoms with E-state index in [0.717, 1.165) is 5.01 Å². The van der Waals surface area contributed by atoms with Crippen LogP contribution >= 0.6 is 22.9 Å². The van der Waals surface area contributed by atoms with Gasteiger partial charge in [0.2, 0.25) is 5.91 Å². The molecular weight excluding hydrogens is 626 g/mol. The molecule has 2 aromatic heterocycles. The van der Waals surface area contributed by atoms with E-state index in [1.165, 1.54) is 22.3 Å². The molecule has 4 heterocycles. The molecule has 1 fully saturated rings. The largest absolute Gasteiger partial charge is 0.387 e. The first-order valence-electron chi connectivity index (χ1n) is 12.7. The molecule has 0 saturated carbocycles. The smallest absolute Gasteiger partial charge is 0.282 e. The maximum absolute atomic E-state index is 13.3. The number of carbonyl (C=O) groups excluding carboxylic acids is 1. The Hall–Kier alpha value is -3.08. The van der Waals surface area contributed by atoms with Gasteiger partial charge in [0.1, 0.15) is 29.4 Å². The van der Waals surface area contributed by atoms with Crippen LogP contribution in [0.15, 0.2) is 34.8 Å². The number of hydrogen-bond acceptors (Lipinski definition) is 8. The third kappa shape index (κ3) is 6.93. The number of piperidine rings is 1. The van der Waals surface area contributed by atoms with E-state index in [9.17, 15) is 35.3 Å². The van der Waals surface area contributed by atoms with E-state index >= 15 is 0 Å². The van der Waals surface area contributed by atoms with Crippen molar-refractivity contribution in [1.82, 2.24) is 19.7 Å². The molecule has 1 atom stereocenters. The molecule has 1 unspecified atom stereocenters. The SMILES string of the molecule is O=C(Cn1nc(C(F)F)cc1C(F)F)N1CCC(c2nc(C3=NOC(c4ccc(Cl)cc4CS(=O)(=O)O)C3)cs2)CC1. The number of aromatic nitrogens is 3. The highest BCUT2D eigenvalue weighted by atomic mass is 35.5. The standard InChI is InChI=1S/C25H24ClF4N5O5S2/c26-15-1-2-16(14(7-15)12-42(37,38)39)21-9-17(33-40-21)19-11-41-25(31-19)13-3-5-34(6-4-13)22(36)10-35-20(24(29)30)8-18(32-35)23(27)28/h1-2,7-8,11,13,21,23-24H,3-6,9-10,12H2,(H,37,38,39). The molecule has 0 spiro atoms. The number of amides is 1. The lowest BCUT2D eigenvalue weighted by Crippen LogP contribution is -2.40. The first-order chi connectivity index (χ1) is 19.9. The summed E-state index contributed by atoms with van der Waals surface area (Å²) in [6.07, 6.45) is -5.21. The molecule has 1 amide bonds. The average molecular weight is 650 g/mol. The van der Waals surface area contributed by atoms with Crippen LogP contribution in [-0.2, 0) is 32.0 Å². The lowest BCUT2D eigenvalue weighted by atomic mass is 9.97. The predicted octanol–water partition coefficient (Wildman–Crippen LogP) is 5.53. The molecular formula is C25H24ClF4N5O5S2. The van der Waals surface area contributed by atoms with Crippen LogP contribution in [0.5, 0.6) is 0 Å². The highest BCUT2D eigenvalue weighted by molar-refractivity contribution is 7.85. The summed E-state index contributed by atoms with van der Waals surface area (Å²) in [4.78, 5) is 24.5. The molecule has 5 rings (SSSR count). The van der Waals surface area contributed by atoms with Crippen molar-refractivity contribution >= 4 is 44.7 Å². The van der Waals surface area contributed by atoms with E-state index < -0.39 is 58.7 Å². The van der Waals surface area contributed by atoms with Gasteiger partial charge in [-0.3, -0.25) is 14.0 Å². The number of carbonyl (C=O) groups is 1. The van der Waals surface area contributed by atoms with Crippen molar-refractivity contribution in [2.75, 3.05) is 13.1 Å². The zero-order valence-electron chi connectivity index (χ0n) is 21.7. The monoisotopic (exact) mass is 649 g/mol. The van der Waals surface area contributed by atoms with Crippen LogP contribution < -0.4 is 0 Å². The van der Waals surface area contributed by atoms with E-state index in [1.54, 1.807) is 12.1 Å². The number of thiazole rings is 1.